The zero-order chi connectivity index (χ0) is 15.0. The molecule has 0 aliphatic carbocycles. The highest BCUT2D eigenvalue weighted by Gasteiger charge is 2.32. The first-order valence-electron chi connectivity index (χ1n) is 6.08. The number of halogens is 1. The Hall–Kier alpha value is -2.48. The number of fused-ring (bicyclic) bond motifs is 1. The second-order valence-corrected chi connectivity index (χ2v) is 5.13. The molecule has 0 fully saturated rings. The Morgan fingerprint density at radius 3 is 3.05 bits per heavy atom. The molecule has 0 saturated heterocycles. The van der Waals surface area contributed by atoms with Crippen molar-refractivity contribution in [2.24, 2.45) is 0 Å². The molecule has 0 N–H and O–H groups in total. The van der Waals surface area contributed by atoms with E-state index in [0.29, 0.717) is 15.3 Å². The Bertz CT molecular complexity index is 771. The van der Waals surface area contributed by atoms with E-state index in [1.54, 1.807) is 13.0 Å². The largest absolute Gasteiger partial charge is 0.462 e. The fourth-order valence-electron chi connectivity index (χ4n) is 1.79. The Labute approximate surface area is 122 Å². The molecule has 6 nitrogen and oxygen atoms in total. The van der Waals surface area contributed by atoms with Crippen LogP contribution in [0.15, 0.2) is 30.0 Å². The molecule has 1 aliphatic rings. The van der Waals surface area contributed by atoms with Gasteiger partial charge in [-0.1, -0.05) is 11.3 Å². The number of anilines is 1. The van der Waals surface area contributed by atoms with E-state index in [1.165, 1.54) is 34.7 Å². The fourth-order valence-corrected chi connectivity index (χ4v) is 2.71. The van der Waals surface area contributed by atoms with E-state index in [9.17, 15) is 14.0 Å². The summed E-state index contributed by atoms with van der Waals surface area (Å²) in [4.78, 5) is 27.5. The third kappa shape index (κ3) is 2.45. The minimum Gasteiger partial charge on any atom is -0.462 e. The first-order valence-corrected chi connectivity index (χ1v) is 6.90. The molecule has 107 valence electrons. The molecule has 0 saturated carbocycles. The van der Waals surface area contributed by atoms with Crippen LogP contribution in [-0.2, 0) is 14.3 Å². The Kier molecular flexibility index (Phi) is 3.30. The molecular formula is C13H9FN3O3S. The number of nitrogens with zero attached hydrogens (tertiary/aromatic N) is 3. The van der Waals surface area contributed by atoms with Crippen LogP contribution >= 0.6 is 11.3 Å². The van der Waals surface area contributed by atoms with Crippen LogP contribution < -0.4 is 10.4 Å². The number of aromatic nitrogens is 1. The smallest absolute Gasteiger partial charge is 0.345 e. The standard InChI is InChI=1S/C13H9FN3O3S/c1-2-20-12(19)8-6-17(16-11(8)18)13-15-9-4-3-7(14)5-10(9)21-13/h3-6H,2H2,1H3. The lowest BCUT2D eigenvalue weighted by molar-refractivity contribution is -0.140. The number of hydrogen-bond donors (Lipinski definition) is 0. The maximum Gasteiger partial charge on any atom is 0.345 e. The Morgan fingerprint density at radius 1 is 1.48 bits per heavy atom. The van der Waals surface area contributed by atoms with Crippen LogP contribution in [0, 0.1) is 5.82 Å². The lowest BCUT2D eigenvalue weighted by Crippen LogP contribution is -2.25. The van der Waals surface area contributed by atoms with Gasteiger partial charge < -0.3 is 4.74 Å². The number of benzene rings is 1. The van der Waals surface area contributed by atoms with Crippen LogP contribution in [0.4, 0.5) is 9.52 Å². The van der Waals surface area contributed by atoms with Crippen molar-refractivity contribution in [3.05, 3.63) is 35.8 Å². The summed E-state index contributed by atoms with van der Waals surface area (Å²) in [6, 6.07) is 4.20. The van der Waals surface area contributed by atoms with Crippen molar-refractivity contribution in [3.63, 3.8) is 0 Å². The highest BCUT2D eigenvalue weighted by Crippen LogP contribution is 2.30. The summed E-state index contributed by atoms with van der Waals surface area (Å²) in [6.45, 7) is 1.82. The van der Waals surface area contributed by atoms with Crippen LogP contribution in [0.2, 0.25) is 0 Å². The molecule has 0 unspecified atom stereocenters. The van der Waals surface area contributed by atoms with Crippen molar-refractivity contribution in [2.75, 3.05) is 11.6 Å². The zero-order valence-corrected chi connectivity index (χ0v) is 11.7. The molecule has 1 radical (unpaired) electrons. The van der Waals surface area contributed by atoms with Crippen molar-refractivity contribution in [1.29, 1.82) is 0 Å². The molecule has 0 bridgehead atoms. The van der Waals surface area contributed by atoms with Crippen molar-refractivity contribution in [2.45, 2.75) is 6.92 Å². The third-order valence-corrected chi connectivity index (χ3v) is 3.72. The first kappa shape index (κ1) is 13.5. The molecule has 8 heteroatoms. The quantitative estimate of drug-likeness (QED) is 0.638. The topological polar surface area (TPSA) is 73.6 Å². The average molecular weight is 306 g/mol. The monoisotopic (exact) mass is 306 g/mol. The maximum atomic E-state index is 13.2. The molecule has 2 aromatic rings. The molecule has 2 heterocycles. The lowest BCUT2D eigenvalue weighted by atomic mass is 10.3. The first-order chi connectivity index (χ1) is 10.1. The molecule has 0 spiro atoms. The third-order valence-electron chi connectivity index (χ3n) is 2.71. The zero-order valence-electron chi connectivity index (χ0n) is 10.9. The lowest BCUT2D eigenvalue weighted by Gasteiger charge is -2.06. The van der Waals surface area contributed by atoms with Crippen LogP contribution in [0.5, 0.6) is 0 Å². The normalized spacial score (nSPS) is 14.3. The summed E-state index contributed by atoms with van der Waals surface area (Å²) in [5.74, 6) is -1.77. The minimum absolute atomic E-state index is 0.151. The van der Waals surface area contributed by atoms with Gasteiger partial charge in [0.15, 0.2) is 0 Å². The van der Waals surface area contributed by atoms with E-state index in [1.807, 2.05) is 0 Å². The van der Waals surface area contributed by atoms with E-state index in [-0.39, 0.29) is 18.0 Å². The summed E-state index contributed by atoms with van der Waals surface area (Å²) in [5.41, 5.74) is 4.16. The molecule has 1 aliphatic heterocycles. The minimum atomic E-state index is -0.721. The van der Waals surface area contributed by atoms with Crippen molar-refractivity contribution >= 4 is 38.6 Å². The van der Waals surface area contributed by atoms with Gasteiger partial charge in [0, 0.05) is 0 Å². The highest BCUT2D eigenvalue weighted by molar-refractivity contribution is 7.22. The van der Waals surface area contributed by atoms with Gasteiger partial charge in [0.25, 0.3) is 0 Å². The fraction of sp³-hybridized carbons (Fsp3) is 0.154. The number of amides is 1. The van der Waals surface area contributed by atoms with Gasteiger partial charge >= 0.3 is 11.9 Å². The SMILES string of the molecule is CCOC(=O)C1=CN(c2nc3ccc(F)cc3s2)[N]C1=O. The van der Waals surface area contributed by atoms with Gasteiger partial charge in [-0.25, -0.2) is 19.2 Å². The summed E-state index contributed by atoms with van der Waals surface area (Å²) >= 11 is 1.17. The van der Waals surface area contributed by atoms with Gasteiger partial charge in [0.2, 0.25) is 5.13 Å². The maximum absolute atomic E-state index is 13.2. The number of esters is 1. The number of carbonyl (C=O) groups excluding carboxylic acids is 2. The molecular weight excluding hydrogens is 297 g/mol. The number of rotatable bonds is 3. The van der Waals surface area contributed by atoms with E-state index < -0.39 is 11.9 Å². The van der Waals surface area contributed by atoms with Crippen molar-refractivity contribution in [3.8, 4) is 0 Å². The average Bonchev–Trinajstić information content (AvgIpc) is 3.01. The van der Waals surface area contributed by atoms with Gasteiger partial charge in [0.05, 0.1) is 23.0 Å². The van der Waals surface area contributed by atoms with E-state index >= 15 is 0 Å². The Morgan fingerprint density at radius 2 is 2.29 bits per heavy atom. The van der Waals surface area contributed by atoms with Crippen molar-refractivity contribution < 1.29 is 18.7 Å². The van der Waals surface area contributed by atoms with Crippen molar-refractivity contribution in [1.82, 2.24) is 10.4 Å². The molecule has 1 amide bonds. The summed E-state index contributed by atoms with van der Waals surface area (Å²) in [6.07, 6.45) is 1.27. The van der Waals surface area contributed by atoms with E-state index in [0.717, 1.165) is 0 Å². The van der Waals surface area contributed by atoms with Crippen LogP contribution in [-0.4, -0.2) is 23.5 Å². The van der Waals surface area contributed by atoms with Gasteiger partial charge in [-0.2, -0.15) is 0 Å². The summed E-state index contributed by atoms with van der Waals surface area (Å²) in [5, 5.41) is 1.58. The van der Waals surface area contributed by atoms with Gasteiger partial charge in [0.1, 0.15) is 11.4 Å². The molecule has 1 aromatic heterocycles. The predicted molar refractivity (Wildman–Crippen MR) is 73.9 cm³/mol. The summed E-state index contributed by atoms with van der Waals surface area (Å²) in [7, 11) is 0. The summed E-state index contributed by atoms with van der Waals surface area (Å²) < 4.78 is 18.6. The molecule has 0 atom stereocenters. The number of carbonyl (C=O) groups is 2. The highest BCUT2D eigenvalue weighted by atomic mass is 32.1. The van der Waals surface area contributed by atoms with Crippen LogP contribution in [0.1, 0.15) is 6.92 Å². The Balaban J connectivity index is 1.92. The number of thiazole rings is 1. The molecule has 3 rings (SSSR count). The van der Waals surface area contributed by atoms with Gasteiger partial charge in [-0.05, 0) is 25.1 Å². The second-order valence-electron chi connectivity index (χ2n) is 4.12. The van der Waals surface area contributed by atoms with Gasteiger partial charge in [-0.15, -0.1) is 5.43 Å². The number of hydrogen-bond acceptors (Lipinski definition) is 6. The molecule has 1 aromatic carbocycles. The van der Waals surface area contributed by atoms with E-state index in [4.69, 9.17) is 4.74 Å². The van der Waals surface area contributed by atoms with Crippen LogP contribution in [0.25, 0.3) is 10.2 Å². The second kappa shape index (κ2) is 5.13. The number of ether oxygens (including phenoxy) is 1. The molecule has 21 heavy (non-hydrogen) atoms. The van der Waals surface area contributed by atoms with E-state index in [2.05, 4.69) is 10.4 Å². The van der Waals surface area contributed by atoms with Gasteiger partial charge in [-0.3, -0.25) is 4.79 Å². The van der Waals surface area contributed by atoms with Crippen LogP contribution in [0.3, 0.4) is 0 Å². The predicted octanol–water partition coefficient (Wildman–Crippen LogP) is 1.75.